The topological polar surface area (TPSA) is 66.4 Å². The molecule has 1 aromatic carbocycles. The molecule has 0 bridgehead atoms. The van der Waals surface area contributed by atoms with E-state index < -0.39 is 5.97 Å². The number of rotatable bonds is 6. The van der Waals surface area contributed by atoms with Crippen molar-refractivity contribution < 1.29 is 14.7 Å². The van der Waals surface area contributed by atoms with Gasteiger partial charge in [-0.15, -0.1) is 0 Å². The summed E-state index contributed by atoms with van der Waals surface area (Å²) in [5, 5.41) is 11.8. The first-order valence-corrected chi connectivity index (χ1v) is 5.93. The first-order valence-electron chi connectivity index (χ1n) is 5.93. The van der Waals surface area contributed by atoms with Crippen LogP contribution in [0, 0.1) is 0 Å². The fraction of sp³-hybridized carbons (Fsp3) is 0.286. The molecule has 0 aromatic heterocycles. The Hall–Kier alpha value is -2.10. The standard InChI is InChI=1S/C14H17NO3/c1-2-3-9-15-13(16)10-12(14(17)18)11-7-5-4-6-8-11/h4-8,10H,2-3,9H2,1H3,(H,15,16)(H,17,18)/b12-10-. The Kier molecular flexibility index (Phi) is 5.64. The van der Waals surface area contributed by atoms with Crippen molar-refractivity contribution >= 4 is 17.4 Å². The van der Waals surface area contributed by atoms with Crippen molar-refractivity contribution in [2.45, 2.75) is 19.8 Å². The Morgan fingerprint density at radius 3 is 2.50 bits per heavy atom. The molecular weight excluding hydrogens is 230 g/mol. The van der Waals surface area contributed by atoms with Crippen molar-refractivity contribution in [3.8, 4) is 0 Å². The van der Waals surface area contributed by atoms with Gasteiger partial charge >= 0.3 is 5.97 Å². The summed E-state index contributed by atoms with van der Waals surface area (Å²) in [4.78, 5) is 22.7. The first-order chi connectivity index (χ1) is 8.65. The lowest BCUT2D eigenvalue weighted by Crippen LogP contribution is -2.23. The number of carboxylic acids is 1. The second kappa shape index (κ2) is 7.27. The fourth-order valence-corrected chi connectivity index (χ4v) is 1.46. The number of hydrogen-bond acceptors (Lipinski definition) is 2. The van der Waals surface area contributed by atoms with E-state index >= 15 is 0 Å². The van der Waals surface area contributed by atoms with Crippen LogP contribution in [0.25, 0.3) is 5.57 Å². The normalized spacial score (nSPS) is 11.1. The molecule has 0 atom stereocenters. The van der Waals surface area contributed by atoms with Gasteiger partial charge in [0.2, 0.25) is 5.91 Å². The minimum absolute atomic E-state index is 0.00426. The number of nitrogens with one attached hydrogen (secondary N) is 1. The van der Waals surface area contributed by atoms with E-state index in [9.17, 15) is 9.59 Å². The van der Waals surface area contributed by atoms with Crippen LogP contribution in [0.1, 0.15) is 25.3 Å². The highest BCUT2D eigenvalue weighted by molar-refractivity contribution is 6.20. The number of carboxylic acid groups (broad SMARTS) is 1. The molecule has 4 heteroatoms. The number of benzene rings is 1. The highest BCUT2D eigenvalue weighted by Crippen LogP contribution is 2.13. The van der Waals surface area contributed by atoms with E-state index in [4.69, 9.17) is 5.11 Å². The maximum atomic E-state index is 11.6. The van der Waals surface area contributed by atoms with E-state index in [1.807, 2.05) is 6.92 Å². The molecule has 96 valence electrons. The van der Waals surface area contributed by atoms with Gasteiger partial charge in [-0.1, -0.05) is 43.7 Å². The van der Waals surface area contributed by atoms with Crippen LogP contribution in [-0.4, -0.2) is 23.5 Å². The molecule has 0 saturated carbocycles. The van der Waals surface area contributed by atoms with E-state index in [2.05, 4.69) is 5.32 Å². The maximum Gasteiger partial charge on any atom is 0.336 e. The van der Waals surface area contributed by atoms with Crippen LogP contribution in [-0.2, 0) is 9.59 Å². The van der Waals surface area contributed by atoms with Gasteiger partial charge in [0.15, 0.2) is 0 Å². The number of carbonyl (C=O) groups excluding carboxylic acids is 1. The SMILES string of the molecule is CCCCNC(=O)/C=C(\C(=O)O)c1ccccc1. The zero-order valence-corrected chi connectivity index (χ0v) is 10.3. The summed E-state index contributed by atoms with van der Waals surface area (Å²) < 4.78 is 0. The lowest BCUT2D eigenvalue weighted by Gasteiger charge is -2.04. The van der Waals surface area contributed by atoms with Crippen LogP contribution in [0.3, 0.4) is 0 Å². The number of amides is 1. The molecule has 0 aliphatic carbocycles. The summed E-state index contributed by atoms with van der Waals surface area (Å²) in [5.41, 5.74) is 0.528. The predicted molar refractivity (Wildman–Crippen MR) is 70.0 cm³/mol. The first kappa shape index (κ1) is 14.0. The van der Waals surface area contributed by atoms with Crippen molar-refractivity contribution in [1.82, 2.24) is 5.32 Å². The van der Waals surface area contributed by atoms with Crippen LogP contribution in [0.2, 0.25) is 0 Å². The quantitative estimate of drug-likeness (QED) is 0.597. The van der Waals surface area contributed by atoms with E-state index in [0.29, 0.717) is 12.1 Å². The summed E-state index contributed by atoms with van der Waals surface area (Å²) in [6.07, 6.45) is 3.00. The van der Waals surface area contributed by atoms with Gasteiger partial charge in [-0.2, -0.15) is 0 Å². The molecule has 1 amide bonds. The molecule has 0 unspecified atom stereocenters. The van der Waals surface area contributed by atoms with E-state index in [0.717, 1.165) is 18.9 Å². The average Bonchev–Trinajstić information content (AvgIpc) is 2.37. The Morgan fingerprint density at radius 2 is 1.94 bits per heavy atom. The largest absolute Gasteiger partial charge is 0.478 e. The molecule has 0 fully saturated rings. The minimum atomic E-state index is -1.10. The average molecular weight is 247 g/mol. The smallest absolute Gasteiger partial charge is 0.336 e. The second-order valence-corrected chi connectivity index (χ2v) is 3.87. The lowest BCUT2D eigenvalue weighted by molar-refractivity contribution is -0.130. The Morgan fingerprint density at radius 1 is 1.28 bits per heavy atom. The molecule has 0 spiro atoms. The van der Waals surface area contributed by atoms with Crippen molar-refractivity contribution in [3.05, 3.63) is 42.0 Å². The van der Waals surface area contributed by atoms with Gasteiger partial charge in [-0.05, 0) is 12.0 Å². The predicted octanol–water partition coefficient (Wildman–Crippen LogP) is 2.07. The van der Waals surface area contributed by atoms with Gasteiger partial charge in [0.25, 0.3) is 0 Å². The molecule has 1 rings (SSSR count). The maximum absolute atomic E-state index is 11.6. The molecule has 0 aliphatic rings. The van der Waals surface area contributed by atoms with E-state index in [-0.39, 0.29) is 11.5 Å². The minimum Gasteiger partial charge on any atom is -0.478 e. The summed E-state index contributed by atoms with van der Waals surface area (Å²) in [7, 11) is 0. The lowest BCUT2D eigenvalue weighted by atomic mass is 10.1. The highest BCUT2D eigenvalue weighted by Gasteiger charge is 2.11. The van der Waals surface area contributed by atoms with E-state index in [1.54, 1.807) is 30.3 Å². The second-order valence-electron chi connectivity index (χ2n) is 3.87. The van der Waals surface area contributed by atoms with Gasteiger partial charge in [0.1, 0.15) is 0 Å². The van der Waals surface area contributed by atoms with Crippen LogP contribution in [0.4, 0.5) is 0 Å². The Bertz CT molecular complexity index is 438. The van der Waals surface area contributed by atoms with Gasteiger partial charge in [0, 0.05) is 12.6 Å². The molecule has 0 aliphatic heterocycles. The van der Waals surface area contributed by atoms with Gasteiger partial charge < -0.3 is 10.4 Å². The van der Waals surface area contributed by atoms with Crippen molar-refractivity contribution in [1.29, 1.82) is 0 Å². The molecule has 4 nitrogen and oxygen atoms in total. The van der Waals surface area contributed by atoms with Crippen molar-refractivity contribution in [2.75, 3.05) is 6.54 Å². The zero-order valence-electron chi connectivity index (χ0n) is 10.3. The number of hydrogen-bond donors (Lipinski definition) is 2. The van der Waals surface area contributed by atoms with Gasteiger partial charge in [-0.3, -0.25) is 4.79 Å². The third-order valence-electron chi connectivity index (χ3n) is 2.42. The Balaban J connectivity index is 2.80. The summed E-state index contributed by atoms with van der Waals surface area (Å²) in [5.74, 6) is -1.48. The third-order valence-corrected chi connectivity index (χ3v) is 2.42. The van der Waals surface area contributed by atoms with Crippen molar-refractivity contribution in [3.63, 3.8) is 0 Å². The van der Waals surface area contributed by atoms with Crippen molar-refractivity contribution in [2.24, 2.45) is 0 Å². The third kappa shape index (κ3) is 4.41. The van der Waals surface area contributed by atoms with E-state index in [1.165, 1.54) is 0 Å². The zero-order chi connectivity index (χ0) is 13.4. The van der Waals surface area contributed by atoms with Crippen LogP contribution in [0.5, 0.6) is 0 Å². The van der Waals surface area contributed by atoms with Gasteiger partial charge in [-0.25, -0.2) is 4.79 Å². The van der Waals surface area contributed by atoms with Crippen LogP contribution >= 0.6 is 0 Å². The van der Waals surface area contributed by atoms with Crippen LogP contribution < -0.4 is 5.32 Å². The number of carbonyl (C=O) groups is 2. The number of aliphatic carboxylic acids is 1. The number of unbranched alkanes of at least 4 members (excludes halogenated alkanes) is 1. The summed E-state index contributed by atoms with van der Waals surface area (Å²) in [6, 6.07) is 8.60. The molecular formula is C14H17NO3. The summed E-state index contributed by atoms with van der Waals surface area (Å²) >= 11 is 0. The molecule has 0 radical (unpaired) electrons. The molecule has 0 saturated heterocycles. The Labute approximate surface area is 106 Å². The molecule has 18 heavy (non-hydrogen) atoms. The van der Waals surface area contributed by atoms with Crippen LogP contribution in [0.15, 0.2) is 36.4 Å². The molecule has 2 N–H and O–H groups in total. The molecule has 1 aromatic rings. The fourth-order valence-electron chi connectivity index (χ4n) is 1.46. The molecule has 0 heterocycles. The van der Waals surface area contributed by atoms with Gasteiger partial charge in [0.05, 0.1) is 5.57 Å². The summed E-state index contributed by atoms with van der Waals surface area (Å²) in [6.45, 7) is 2.59. The highest BCUT2D eigenvalue weighted by atomic mass is 16.4. The monoisotopic (exact) mass is 247 g/mol.